The Bertz CT molecular complexity index is 360. The van der Waals surface area contributed by atoms with E-state index in [4.69, 9.17) is 4.74 Å². The van der Waals surface area contributed by atoms with Crippen LogP contribution in [0.4, 0.5) is 4.39 Å². The summed E-state index contributed by atoms with van der Waals surface area (Å²) in [6, 6.07) is 4.89. The van der Waals surface area contributed by atoms with Gasteiger partial charge in [0.1, 0.15) is 6.10 Å². The van der Waals surface area contributed by atoms with Crippen LogP contribution in [-0.4, -0.2) is 19.2 Å². The maximum absolute atomic E-state index is 13.7. The number of rotatable bonds is 8. The molecule has 1 unspecified atom stereocenters. The highest BCUT2D eigenvalue weighted by molar-refractivity contribution is 9.10. The van der Waals surface area contributed by atoms with Crippen molar-refractivity contribution in [2.24, 2.45) is 0 Å². The summed E-state index contributed by atoms with van der Waals surface area (Å²) in [6.07, 6.45) is 3.06. The van der Waals surface area contributed by atoms with E-state index in [0.717, 1.165) is 36.8 Å². The van der Waals surface area contributed by atoms with Crippen molar-refractivity contribution >= 4 is 15.9 Å². The first-order valence-electron chi connectivity index (χ1n) is 6.49. The average Bonchev–Trinajstić information content (AvgIpc) is 2.33. The topological polar surface area (TPSA) is 21.3 Å². The van der Waals surface area contributed by atoms with Crippen LogP contribution < -0.4 is 10.1 Å². The maximum atomic E-state index is 13.7. The van der Waals surface area contributed by atoms with Gasteiger partial charge in [0, 0.05) is 11.0 Å². The van der Waals surface area contributed by atoms with Gasteiger partial charge in [-0.15, -0.1) is 0 Å². The SMILES string of the molecule is CCCNCC(CCC)Oc1ccc(Br)cc1F. The van der Waals surface area contributed by atoms with Crippen LogP contribution in [0.2, 0.25) is 0 Å². The standard InChI is InChI=1S/C14H21BrFNO/c1-3-5-12(10-17-8-4-2)18-14-7-6-11(15)9-13(14)16/h6-7,9,12,17H,3-5,8,10H2,1-2H3. The summed E-state index contributed by atoms with van der Waals surface area (Å²) < 4.78 is 20.1. The molecule has 0 aliphatic rings. The minimum absolute atomic E-state index is 0.0252. The quantitative estimate of drug-likeness (QED) is 0.728. The number of benzene rings is 1. The van der Waals surface area contributed by atoms with E-state index in [-0.39, 0.29) is 11.9 Å². The highest BCUT2D eigenvalue weighted by atomic mass is 79.9. The molecule has 2 nitrogen and oxygen atoms in total. The van der Waals surface area contributed by atoms with Crippen LogP contribution in [0.5, 0.6) is 5.75 Å². The Morgan fingerprint density at radius 3 is 2.72 bits per heavy atom. The lowest BCUT2D eigenvalue weighted by Crippen LogP contribution is -2.32. The van der Waals surface area contributed by atoms with Gasteiger partial charge in [-0.25, -0.2) is 4.39 Å². The van der Waals surface area contributed by atoms with E-state index in [2.05, 4.69) is 35.1 Å². The second-order valence-electron chi connectivity index (χ2n) is 4.31. The van der Waals surface area contributed by atoms with Gasteiger partial charge in [0.25, 0.3) is 0 Å². The number of ether oxygens (including phenoxy) is 1. The molecule has 0 saturated carbocycles. The monoisotopic (exact) mass is 317 g/mol. The van der Waals surface area contributed by atoms with Crippen LogP contribution in [0, 0.1) is 5.82 Å². The largest absolute Gasteiger partial charge is 0.486 e. The van der Waals surface area contributed by atoms with Crippen molar-refractivity contribution in [2.75, 3.05) is 13.1 Å². The molecule has 1 rings (SSSR count). The molecule has 0 aromatic heterocycles. The van der Waals surface area contributed by atoms with Crippen molar-refractivity contribution in [1.29, 1.82) is 0 Å². The van der Waals surface area contributed by atoms with Gasteiger partial charge in [-0.2, -0.15) is 0 Å². The van der Waals surface area contributed by atoms with Crippen molar-refractivity contribution in [1.82, 2.24) is 5.32 Å². The van der Waals surface area contributed by atoms with Crippen LogP contribution >= 0.6 is 15.9 Å². The zero-order valence-electron chi connectivity index (χ0n) is 11.0. The molecule has 18 heavy (non-hydrogen) atoms. The molecule has 0 radical (unpaired) electrons. The van der Waals surface area contributed by atoms with Gasteiger partial charge >= 0.3 is 0 Å². The van der Waals surface area contributed by atoms with E-state index in [1.807, 2.05) is 0 Å². The first kappa shape index (κ1) is 15.4. The van der Waals surface area contributed by atoms with E-state index in [9.17, 15) is 4.39 Å². The lowest BCUT2D eigenvalue weighted by Gasteiger charge is -2.19. The molecule has 1 aromatic carbocycles. The Balaban J connectivity index is 2.58. The first-order valence-corrected chi connectivity index (χ1v) is 7.29. The van der Waals surface area contributed by atoms with Crippen molar-refractivity contribution in [2.45, 2.75) is 39.2 Å². The molecule has 0 spiro atoms. The Kier molecular flexibility index (Phi) is 7.28. The average molecular weight is 318 g/mol. The fraction of sp³-hybridized carbons (Fsp3) is 0.571. The fourth-order valence-corrected chi connectivity index (χ4v) is 2.05. The summed E-state index contributed by atoms with van der Waals surface area (Å²) in [5.41, 5.74) is 0. The Morgan fingerprint density at radius 2 is 2.11 bits per heavy atom. The first-order chi connectivity index (χ1) is 8.67. The van der Waals surface area contributed by atoms with Gasteiger partial charge < -0.3 is 10.1 Å². The van der Waals surface area contributed by atoms with E-state index < -0.39 is 0 Å². The molecule has 0 aliphatic heterocycles. The number of halogens is 2. The Morgan fingerprint density at radius 1 is 1.33 bits per heavy atom. The third kappa shape index (κ3) is 5.36. The molecule has 0 heterocycles. The van der Waals surface area contributed by atoms with Gasteiger partial charge in [0.05, 0.1) is 0 Å². The molecular weight excluding hydrogens is 297 g/mol. The van der Waals surface area contributed by atoms with Crippen molar-refractivity contribution < 1.29 is 9.13 Å². The number of hydrogen-bond acceptors (Lipinski definition) is 2. The fourth-order valence-electron chi connectivity index (χ4n) is 1.71. The molecule has 1 N–H and O–H groups in total. The van der Waals surface area contributed by atoms with E-state index >= 15 is 0 Å². The van der Waals surface area contributed by atoms with Crippen LogP contribution in [0.15, 0.2) is 22.7 Å². The second-order valence-corrected chi connectivity index (χ2v) is 5.22. The summed E-state index contributed by atoms with van der Waals surface area (Å²) in [7, 11) is 0. The smallest absolute Gasteiger partial charge is 0.166 e. The molecular formula is C14H21BrFNO. The highest BCUT2D eigenvalue weighted by Crippen LogP contribution is 2.23. The zero-order chi connectivity index (χ0) is 13.4. The van der Waals surface area contributed by atoms with E-state index in [0.29, 0.717) is 5.75 Å². The summed E-state index contributed by atoms with van der Waals surface area (Å²) in [6.45, 7) is 5.95. The lowest BCUT2D eigenvalue weighted by molar-refractivity contribution is 0.179. The van der Waals surface area contributed by atoms with Crippen molar-refractivity contribution in [3.05, 3.63) is 28.5 Å². The van der Waals surface area contributed by atoms with E-state index in [1.54, 1.807) is 12.1 Å². The maximum Gasteiger partial charge on any atom is 0.166 e. The van der Waals surface area contributed by atoms with Gasteiger partial charge in [0.2, 0.25) is 0 Å². The summed E-state index contributed by atoms with van der Waals surface area (Å²) in [5.74, 6) is 0.0101. The molecule has 0 fully saturated rings. The highest BCUT2D eigenvalue weighted by Gasteiger charge is 2.12. The minimum Gasteiger partial charge on any atom is -0.486 e. The third-order valence-electron chi connectivity index (χ3n) is 2.60. The van der Waals surface area contributed by atoms with E-state index in [1.165, 1.54) is 6.07 Å². The predicted molar refractivity (Wildman–Crippen MR) is 76.6 cm³/mol. The Labute approximate surface area is 117 Å². The summed E-state index contributed by atoms with van der Waals surface area (Å²) in [4.78, 5) is 0. The Hall–Kier alpha value is -0.610. The van der Waals surface area contributed by atoms with Crippen molar-refractivity contribution in [3.63, 3.8) is 0 Å². The second kappa shape index (κ2) is 8.48. The zero-order valence-corrected chi connectivity index (χ0v) is 12.6. The molecule has 0 amide bonds. The van der Waals surface area contributed by atoms with Crippen LogP contribution in [0.3, 0.4) is 0 Å². The van der Waals surface area contributed by atoms with Crippen molar-refractivity contribution in [3.8, 4) is 5.75 Å². The van der Waals surface area contributed by atoms with Gasteiger partial charge in [-0.3, -0.25) is 0 Å². The van der Waals surface area contributed by atoms with Crippen LogP contribution in [0.1, 0.15) is 33.1 Å². The molecule has 1 aromatic rings. The summed E-state index contributed by atoms with van der Waals surface area (Å²) >= 11 is 3.24. The minimum atomic E-state index is -0.319. The molecule has 0 bridgehead atoms. The predicted octanol–water partition coefficient (Wildman–Crippen LogP) is 4.14. The normalized spacial score (nSPS) is 12.4. The number of nitrogens with one attached hydrogen (secondary N) is 1. The third-order valence-corrected chi connectivity index (χ3v) is 3.09. The lowest BCUT2D eigenvalue weighted by atomic mass is 10.2. The van der Waals surface area contributed by atoms with Gasteiger partial charge in [0.15, 0.2) is 11.6 Å². The van der Waals surface area contributed by atoms with Gasteiger partial charge in [-0.05, 0) is 37.6 Å². The van der Waals surface area contributed by atoms with Crippen LogP contribution in [-0.2, 0) is 0 Å². The number of hydrogen-bond donors (Lipinski definition) is 1. The molecule has 1 atom stereocenters. The van der Waals surface area contributed by atoms with Crippen LogP contribution in [0.25, 0.3) is 0 Å². The summed E-state index contributed by atoms with van der Waals surface area (Å²) in [5, 5.41) is 3.31. The molecule has 0 aliphatic carbocycles. The molecule has 102 valence electrons. The molecule has 0 saturated heterocycles. The molecule has 4 heteroatoms. The van der Waals surface area contributed by atoms with Gasteiger partial charge in [-0.1, -0.05) is 36.2 Å².